The molecule has 1 aromatic rings. The molecule has 0 saturated heterocycles. The fourth-order valence-electron chi connectivity index (χ4n) is 1.63. The van der Waals surface area contributed by atoms with Crippen molar-refractivity contribution in [1.29, 1.82) is 0 Å². The molecule has 1 rings (SSSR count). The Morgan fingerprint density at radius 2 is 1.95 bits per heavy atom. The van der Waals surface area contributed by atoms with Crippen LogP contribution in [-0.4, -0.2) is 36.1 Å². The van der Waals surface area contributed by atoms with Crippen LogP contribution in [0.3, 0.4) is 0 Å². The highest BCUT2D eigenvalue weighted by atomic mass is 79.9. The van der Waals surface area contributed by atoms with Gasteiger partial charge < -0.3 is 20.3 Å². The molecule has 0 aliphatic carbocycles. The van der Waals surface area contributed by atoms with E-state index >= 15 is 0 Å². The van der Waals surface area contributed by atoms with E-state index in [-0.39, 0.29) is 18.8 Å². The summed E-state index contributed by atoms with van der Waals surface area (Å²) in [7, 11) is 0. The maximum atomic E-state index is 11.9. The maximum absolute atomic E-state index is 11.9. The molecular formula is C13H16BrNO4. The molecule has 1 aromatic carbocycles. The van der Waals surface area contributed by atoms with E-state index in [2.05, 4.69) is 15.9 Å². The van der Waals surface area contributed by atoms with Gasteiger partial charge in [-0.3, -0.25) is 4.79 Å². The van der Waals surface area contributed by atoms with Crippen LogP contribution < -0.4 is 10.4 Å². The molecule has 0 heterocycles. The van der Waals surface area contributed by atoms with Gasteiger partial charge >= 0.3 is 0 Å². The number of aliphatic carboxylic acids is 1. The number of rotatable bonds is 8. The Bertz CT molecular complexity index is 433. The smallest absolute Gasteiger partial charge is 0.169 e. The number of ketones is 1. The molecule has 0 bridgehead atoms. The van der Waals surface area contributed by atoms with Gasteiger partial charge in [0.2, 0.25) is 0 Å². The standard InChI is InChI=1S/C13H16BrNO4/c14-10-4-2-9(3-5-10)12(17)8-11(13(18)19)15-6-1-7-16/h2-5,11,15-16H,1,6-8H2,(H,18,19)/t11-/m1/s1. The number of aliphatic hydroxyl groups excluding tert-OH is 1. The molecule has 0 amide bonds. The second-order valence-corrected chi connectivity index (χ2v) is 5.08. The second-order valence-electron chi connectivity index (χ2n) is 4.16. The number of aliphatic hydroxyl groups is 1. The van der Waals surface area contributed by atoms with Crippen LogP contribution in [-0.2, 0) is 4.79 Å². The molecule has 0 saturated carbocycles. The van der Waals surface area contributed by atoms with Crippen molar-refractivity contribution >= 4 is 27.7 Å². The van der Waals surface area contributed by atoms with Crippen molar-refractivity contribution in [3.05, 3.63) is 34.3 Å². The largest absolute Gasteiger partial charge is 0.544 e. The number of carbonyl (C=O) groups is 2. The van der Waals surface area contributed by atoms with Crippen molar-refractivity contribution in [2.75, 3.05) is 13.2 Å². The summed E-state index contributed by atoms with van der Waals surface area (Å²) >= 11 is 3.27. The van der Waals surface area contributed by atoms with E-state index in [0.29, 0.717) is 18.5 Å². The Balaban J connectivity index is 2.60. The molecule has 0 aliphatic heterocycles. The zero-order chi connectivity index (χ0) is 14.3. The monoisotopic (exact) mass is 329 g/mol. The van der Waals surface area contributed by atoms with E-state index in [0.717, 1.165) is 4.47 Å². The minimum atomic E-state index is -1.26. The zero-order valence-electron chi connectivity index (χ0n) is 10.3. The number of benzene rings is 1. The molecule has 5 nitrogen and oxygen atoms in total. The lowest BCUT2D eigenvalue weighted by Crippen LogP contribution is -2.93. The average molecular weight is 330 g/mol. The summed E-state index contributed by atoms with van der Waals surface area (Å²) in [6.07, 6.45) is 0.367. The van der Waals surface area contributed by atoms with Crippen molar-refractivity contribution in [2.24, 2.45) is 0 Å². The molecule has 6 heteroatoms. The third-order valence-corrected chi connectivity index (χ3v) is 3.22. The van der Waals surface area contributed by atoms with E-state index in [9.17, 15) is 14.7 Å². The van der Waals surface area contributed by atoms with Crippen LogP contribution in [0.2, 0.25) is 0 Å². The number of halogens is 1. The Kier molecular flexibility index (Phi) is 6.69. The van der Waals surface area contributed by atoms with E-state index in [4.69, 9.17) is 5.11 Å². The summed E-state index contributed by atoms with van der Waals surface area (Å²) in [6.45, 7) is 0.444. The molecular weight excluding hydrogens is 314 g/mol. The molecule has 0 unspecified atom stereocenters. The first-order valence-electron chi connectivity index (χ1n) is 5.98. The number of quaternary nitrogens is 1. The van der Waals surface area contributed by atoms with Gasteiger partial charge in [0.1, 0.15) is 6.04 Å². The normalized spacial score (nSPS) is 12.1. The first-order chi connectivity index (χ1) is 9.04. The third kappa shape index (κ3) is 5.50. The molecule has 19 heavy (non-hydrogen) atoms. The first kappa shape index (κ1) is 15.8. The summed E-state index contributed by atoms with van der Waals surface area (Å²) in [4.78, 5) is 22.9. The lowest BCUT2D eigenvalue weighted by atomic mass is 10.0. The van der Waals surface area contributed by atoms with Crippen LogP contribution in [0.25, 0.3) is 0 Å². The number of hydrogen-bond donors (Lipinski definition) is 2. The van der Waals surface area contributed by atoms with Gasteiger partial charge in [-0.05, 0) is 12.1 Å². The third-order valence-electron chi connectivity index (χ3n) is 2.69. The lowest BCUT2D eigenvalue weighted by molar-refractivity contribution is -0.682. The zero-order valence-corrected chi connectivity index (χ0v) is 11.9. The van der Waals surface area contributed by atoms with Crippen LogP contribution in [0.4, 0.5) is 0 Å². The van der Waals surface area contributed by atoms with Crippen LogP contribution in [0, 0.1) is 0 Å². The second kappa shape index (κ2) is 8.04. The topological polar surface area (TPSA) is 94.0 Å². The first-order valence-corrected chi connectivity index (χ1v) is 6.77. The highest BCUT2D eigenvalue weighted by molar-refractivity contribution is 9.10. The van der Waals surface area contributed by atoms with Crippen molar-refractivity contribution in [3.63, 3.8) is 0 Å². The molecule has 1 atom stereocenters. The highest BCUT2D eigenvalue weighted by Gasteiger charge is 2.18. The number of Topliss-reactive ketones (excluding diaryl/α,β-unsaturated/α-hetero) is 1. The van der Waals surface area contributed by atoms with E-state index in [1.54, 1.807) is 24.3 Å². The van der Waals surface area contributed by atoms with E-state index in [1.165, 1.54) is 5.32 Å². The molecule has 0 spiro atoms. The minimum Gasteiger partial charge on any atom is -0.544 e. The molecule has 0 aliphatic rings. The lowest BCUT2D eigenvalue weighted by Gasteiger charge is -2.15. The van der Waals surface area contributed by atoms with Gasteiger partial charge in [0.15, 0.2) is 5.78 Å². The van der Waals surface area contributed by atoms with Gasteiger partial charge in [-0.15, -0.1) is 0 Å². The maximum Gasteiger partial charge on any atom is 0.169 e. The van der Waals surface area contributed by atoms with Crippen molar-refractivity contribution in [2.45, 2.75) is 18.9 Å². The van der Waals surface area contributed by atoms with E-state index < -0.39 is 12.0 Å². The van der Waals surface area contributed by atoms with Gasteiger partial charge in [-0.2, -0.15) is 0 Å². The summed E-state index contributed by atoms with van der Waals surface area (Å²) in [6, 6.07) is 5.84. The van der Waals surface area contributed by atoms with E-state index in [1.807, 2.05) is 0 Å². The predicted molar refractivity (Wildman–Crippen MR) is 70.4 cm³/mol. The number of carboxylic acid groups (broad SMARTS) is 1. The summed E-state index contributed by atoms with van der Waals surface area (Å²) in [5.41, 5.74) is 0.477. The summed E-state index contributed by atoms with van der Waals surface area (Å²) in [5, 5.41) is 21.1. The number of hydrogen-bond acceptors (Lipinski definition) is 4. The fourth-order valence-corrected chi connectivity index (χ4v) is 1.89. The SMILES string of the molecule is O=C(C[C@@H]([NH2+]CCCO)C(=O)[O-])c1ccc(Br)cc1. The van der Waals surface area contributed by atoms with Crippen molar-refractivity contribution in [1.82, 2.24) is 0 Å². The summed E-state index contributed by atoms with van der Waals surface area (Å²) < 4.78 is 0.856. The van der Waals surface area contributed by atoms with Crippen LogP contribution in [0.15, 0.2) is 28.7 Å². The Labute approximate surface area is 119 Å². The van der Waals surface area contributed by atoms with Gasteiger partial charge in [0.05, 0.1) is 18.9 Å². The number of nitrogens with two attached hydrogens (primary N) is 1. The average Bonchev–Trinajstić information content (AvgIpc) is 2.38. The Morgan fingerprint density at radius 1 is 1.32 bits per heavy atom. The van der Waals surface area contributed by atoms with Crippen LogP contribution in [0.1, 0.15) is 23.2 Å². The molecule has 0 fully saturated rings. The fraction of sp³-hybridized carbons (Fsp3) is 0.385. The Hall–Kier alpha value is -1.24. The van der Waals surface area contributed by atoms with Gasteiger partial charge in [0, 0.05) is 23.1 Å². The highest BCUT2D eigenvalue weighted by Crippen LogP contribution is 2.12. The predicted octanol–water partition coefficient (Wildman–Crippen LogP) is -0.914. The molecule has 104 valence electrons. The minimum absolute atomic E-state index is 0.00305. The van der Waals surface area contributed by atoms with Crippen molar-refractivity contribution in [3.8, 4) is 0 Å². The quantitative estimate of drug-likeness (QED) is 0.476. The van der Waals surface area contributed by atoms with Gasteiger partial charge in [-0.25, -0.2) is 0 Å². The molecule has 3 N–H and O–H groups in total. The van der Waals surface area contributed by atoms with Crippen molar-refractivity contribution < 1.29 is 25.1 Å². The van der Waals surface area contributed by atoms with Gasteiger partial charge in [0.25, 0.3) is 0 Å². The summed E-state index contributed by atoms with van der Waals surface area (Å²) in [5.74, 6) is -1.50. The molecule has 0 radical (unpaired) electrons. The van der Waals surface area contributed by atoms with Crippen LogP contribution >= 0.6 is 15.9 Å². The molecule has 0 aromatic heterocycles. The van der Waals surface area contributed by atoms with Gasteiger partial charge in [-0.1, -0.05) is 28.1 Å². The number of carboxylic acids is 1. The number of carbonyl (C=O) groups excluding carboxylic acids is 2. The van der Waals surface area contributed by atoms with Crippen LogP contribution in [0.5, 0.6) is 0 Å². The Morgan fingerprint density at radius 3 is 2.47 bits per heavy atom.